The Labute approximate surface area is 237 Å². The predicted octanol–water partition coefficient (Wildman–Crippen LogP) is 5.95. The molecule has 0 aliphatic rings. The maximum absolute atomic E-state index is 11.0. The van der Waals surface area contributed by atoms with Crippen molar-refractivity contribution in [2.45, 2.75) is 50.8 Å². The number of rotatable bonds is 16. The zero-order chi connectivity index (χ0) is 27.8. The maximum atomic E-state index is 11.0. The van der Waals surface area contributed by atoms with Crippen molar-refractivity contribution in [1.82, 2.24) is 0 Å². The highest BCUT2D eigenvalue weighted by Gasteiger charge is 2.37. The van der Waals surface area contributed by atoms with Crippen LogP contribution in [0.2, 0.25) is 0 Å². The fourth-order valence-electron chi connectivity index (χ4n) is 4.29. The van der Waals surface area contributed by atoms with Crippen LogP contribution in [0.4, 0.5) is 0 Å². The minimum atomic E-state index is -1.22. The number of terminal acetylenes is 1. The highest BCUT2D eigenvalue weighted by atomic mass is 16.6. The van der Waals surface area contributed by atoms with E-state index >= 15 is 0 Å². The van der Waals surface area contributed by atoms with Crippen LogP contribution in [-0.4, -0.2) is 36.1 Å². The summed E-state index contributed by atoms with van der Waals surface area (Å²) in [4.78, 5) is 0. The summed E-state index contributed by atoms with van der Waals surface area (Å²) >= 11 is 0. The Balaban J connectivity index is 1.58. The van der Waals surface area contributed by atoms with E-state index in [1.165, 1.54) is 0 Å². The van der Waals surface area contributed by atoms with Crippen LogP contribution in [0.15, 0.2) is 121 Å². The normalized spacial score (nSPS) is 14.1. The second kappa shape index (κ2) is 16.4. The molecule has 0 heterocycles. The molecule has 4 atom stereocenters. The smallest absolute Gasteiger partial charge is 0.143 e. The van der Waals surface area contributed by atoms with Gasteiger partial charge in [0, 0.05) is 0 Å². The summed E-state index contributed by atoms with van der Waals surface area (Å²) in [5.41, 5.74) is 4.00. The van der Waals surface area contributed by atoms with Gasteiger partial charge in [-0.3, -0.25) is 0 Å². The number of ether oxygens (including phenoxy) is 4. The third-order valence-electron chi connectivity index (χ3n) is 6.44. The molecule has 4 aromatic carbocycles. The van der Waals surface area contributed by atoms with Crippen molar-refractivity contribution in [3.8, 4) is 12.3 Å². The van der Waals surface area contributed by atoms with E-state index in [-0.39, 0.29) is 19.8 Å². The Morgan fingerprint density at radius 2 is 0.900 bits per heavy atom. The number of hydrogen-bond acceptors (Lipinski definition) is 5. The van der Waals surface area contributed by atoms with Crippen LogP contribution in [-0.2, 0) is 45.4 Å². The Hall–Kier alpha value is -3.76. The van der Waals surface area contributed by atoms with Crippen molar-refractivity contribution in [3.05, 3.63) is 144 Å². The average Bonchev–Trinajstić information content (AvgIpc) is 3.02. The zero-order valence-corrected chi connectivity index (χ0v) is 22.5. The molecule has 0 fully saturated rings. The van der Waals surface area contributed by atoms with Crippen molar-refractivity contribution in [2.75, 3.05) is 6.61 Å². The summed E-state index contributed by atoms with van der Waals surface area (Å²) in [6, 6.07) is 39.5. The molecule has 0 aromatic heterocycles. The van der Waals surface area contributed by atoms with Gasteiger partial charge in [0.25, 0.3) is 0 Å². The molecule has 0 aliphatic heterocycles. The lowest BCUT2D eigenvalue weighted by molar-refractivity contribution is -0.184. The molecule has 5 nitrogen and oxygen atoms in total. The first-order valence-electron chi connectivity index (χ1n) is 13.5. The largest absolute Gasteiger partial charge is 0.378 e. The van der Waals surface area contributed by atoms with Gasteiger partial charge in [-0.25, -0.2) is 0 Å². The van der Waals surface area contributed by atoms with Crippen molar-refractivity contribution in [3.63, 3.8) is 0 Å². The van der Waals surface area contributed by atoms with Crippen LogP contribution in [0.25, 0.3) is 0 Å². The zero-order valence-electron chi connectivity index (χ0n) is 22.5. The lowest BCUT2D eigenvalue weighted by Crippen LogP contribution is -2.50. The van der Waals surface area contributed by atoms with E-state index in [0.717, 1.165) is 22.3 Å². The summed E-state index contributed by atoms with van der Waals surface area (Å²) in [5, 5.41) is 11.0. The van der Waals surface area contributed by atoms with Crippen molar-refractivity contribution in [2.24, 2.45) is 0 Å². The Morgan fingerprint density at radius 1 is 0.525 bits per heavy atom. The molecular weight excluding hydrogens is 500 g/mol. The summed E-state index contributed by atoms with van der Waals surface area (Å²) in [7, 11) is 0. The average molecular weight is 537 g/mol. The van der Waals surface area contributed by atoms with Gasteiger partial charge in [0.05, 0.1) is 33.0 Å². The van der Waals surface area contributed by atoms with Crippen LogP contribution in [0.1, 0.15) is 22.3 Å². The second-order valence-corrected chi connectivity index (χ2v) is 9.47. The third kappa shape index (κ3) is 9.46. The highest BCUT2D eigenvalue weighted by Crippen LogP contribution is 2.22. The molecule has 4 aromatic rings. The molecular formula is C35H36O5. The van der Waals surface area contributed by atoms with Crippen LogP contribution in [0.3, 0.4) is 0 Å². The highest BCUT2D eigenvalue weighted by molar-refractivity contribution is 5.16. The first-order chi connectivity index (χ1) is 19.7. The molecule has 0 radical (unpaired) electrons. The van der Waals surface area contributed by atoms with Gasteiger partial charge in [-0.05, 0) is 22.3 Å². The Kier molecular flexibility index (Phi) is 12.0. The molecule has 0 unspecified atom stereocenters. The molecule has 40 heavy (non-hydrogen) atoms. The topological polar surface area (TPSA) is 57.2 Å². The molecule has 1 N–H and O–H groups in total. The van der Waals surface area contributed by atoms with Gasteiger partial charge in [-0.15, -0.1) is 6.42 Å². The fraction of sp³-hybridized carbons (Fsp3) is 0.257. The summed E-state index contributed by atoms with van der Waals surface area (Å²) in [6.45, 7) is 1.50. The van der Waals surface area contributed by atoms with Gasteiger partial charge in [-0.1, -0.05) is 127 Å². The fourth-order valence-corrected chi connectivity index (χ4v) is 4.29. The van der Waals surface area contributed by atoms with E-state index in [1.807, 2.05) is 121 Å². The lowest BCUT2D eigenvalue weighted by Gasteiger charge is -2.34. The third-order valence-corrected chi connectivity index (χ3v) is 6.44. The van der Waals surface area contributed by atoms with Gasteiger partial charge in [-0.2, -0.15) is 0 Å². The Bertz CT molecular complexity index is 1260. The minimum absolute atomic E-state index is 0.212. The number of hydrogen-bond donors (Lipinski definition) is 1. The van der Waals surface area contributed by atoms with E-state index in [0.29, 0.717) is 13.2 Å². The van der Waals surface area contributed by atoms with Gasteiger partial charge >= 0.3 is 0 Å². The monoisotopic (exact) mass is 536 g/mol. The van der Waals surface area contributed by atoms with E-state index in [2.05, 4.69) is 5.92 Å². The number of aliphatic hydroxyl groups excluding tert-OH is 1. The quantitative estimate of drug-likeness (QED) is 0.179. The van der Waals surface area contributed by atoms with Crippen LogP contribution >= 0.6 is 0 Å². The lowest BCUT2D eigenvalue weighted by atomic mass is 10.0. The molecule has 5 heteroatoms. The second-order valence-electron chi connectivity index (χ2n) is 9.47. The molecule has 0 saturated heterocycles. The van der Waals surface area contributed by atoms with E-state index < -0.39 is 24.4 Å². The van der Waals surface area contributed by atoms with Gasteiger partial charge in [0.2, 0.25) is 0 Å². The first-order valence-corrected chi connectivity index (χ1v) is 13.5. The number of benzene rings is 4. The van der Waals surface area contributed by atoms with Crippen LogP contribution < -0.4 is 0 Å². The molecule has 0 aliphatic carbocycles. The molecule has 0 bridgehead atoms. The molecule has 4 rings (SSSR count). The van der Waals surface area contributed by atoms with Gasteiger partial charge < -0.3 is 24.1 Å². The SMILES string of the molecule is C#C[C@@H](O)[C@H](OCc1ccccc1)[C@H](OCc1ccccc1)[C@@H](COCc1ccccc1)OCc1ccccc1. The van der Waals surface area contributed by atoms with Crippen LogP contribution in [0.5, 0.6) is 0 Å². The maximum Gasteiger partial charge on any atom is 0.143 e. The van der Waals surface area contributed by atoms with Gasteiger partial charge in [0.15, 0.2) is 0 Å². The number of aliphatic hydroxyl groups is 1. The molecule has 0 spiro atoms. The molecule has 206 valence electrons. The van der Waals surface area contributed by atoms with Gasteiger partial charge in [0.1, 0.15) is 24.4 Å². The van der Waals surface area contributed by atoms with Crippen LogP contribution in [0, 0.1) is 12.3 Å². The predicted molar refractivity (Wildman–Crippen MR) is 156 cm³/mol. The van der Waals surface area contributed by atoms with E-state index in [9.17, 15) is 5.11 Å². The Morgan fingerprint density at radius 3 is 1.32 bits per heavy atom. The first kappa shape index (κ1) is 29.2. The summed E-state index contributed by atoms with van der Waals surface area (Å²) in [6.07, 6.45) is 2.32. The summed E-state index contributed by atoms with van der Waals surface area (Å²) < 4.78 is 25.3. The van der Waals surface area contributed by atoms with Crippen molar-refractivity contribution < 1.29 is 24.1 Å². The van der Waals surface area contributed by atoms with E-state index in [4.69, 9.17) is 25.4 Å². The summed E-state index contributed by atoms with van der Waals surface area (Å²) in [5.74, 6) is 2.44. The standard InChI is InChI=1S/C35H36O5/c1-2-32(36)34(39-25-30-19-11-5-12-20-30)35(40-26-31-21-13-6-14-22-31)33(38-24-29-17-9-4-10-18-29)27-37-23-28-15-7-3-8-16-28/h1,3-22,32-36H,23-27H2/t32-,33-,34+,35-/m1/s1. The van der Waals surface area contributed by atoms with Crippen molar-refractivity contribution >= 4 is 0 Å². The molecule has 0 amide bonds. The van der Waals surface area contributed by atoms with E-state index in [1.54, 1.807) is 0 Å². The van der Waals surface area contributed by atoms with Crippen molar-refractivity contribution in [1.29, 1.82) is 0 Å². The minimum Gasteiger partial charge on any atom is -0.378 e. The molecule has 0 saturated carbocycles.